The van der Waals surface area contributed by atoms with Gasteiger partial charge in [0.1, 0.15) is 0 Å². The minimum atomic E-state index is -0.120. The lowest BCUT2D eigenvalue weighted by Crippen LogP contribution is -2.08. The summed E-state index contributed by atoms with van der Waals surface area (Å²) >= 11 is 0. The third-order valence-corrected chi connectivity index (χ3v) is 2.36. The highest BCUT2D eigenvalue weighted by Crippen LogP contribution is 2.28. The maximum Gasteiger partial charge on any atom is 0.166 e. The third kappa shape index (κ3) is 2.97. The predicted octanol–water partition coefficient (Wildman–Crippen LogP) is 1.59. The van der Waals surface area contributed by atoms with Crippen molar-refractivity contribution >= 4 is 6.21 Å². The summed E-state index contributed by atoms with van der Waals surface area (Å²) in [6.45, 7) is 1.96. The topological polar surface area (TPSA) is 62.1 Å². The molecule has 0 saturated carbocycles. The molecule has 16 heavy (non-hydrogen) atoms. The number of benzene rings is 1. The van der Waals surface area contributed by atoms with Gasteiger partial charge >= 0.3 is 0 Å². The van der Waals surface area contributed by atoms with E-state index in [2.05, 4.69) is 4.99 Å². The van der Waals surface area contributed by atoms with E-state index in [1.54, 1.807) is 24.4 Å². The first-order valence-electron chi connectivity index (χ1n) is 5.22. The Bertz CT molecular complexity index is 359. The Morgan fingerprint density at radius 2 is 2.25 bits per heavy atom. The quantitative estimate of drug-likeness (QED) is 0.745. The number of aromatic hydroxyl groups is 1. The number of phenolic OH excluding ortho intramolecular Hbond substituents is 1. The van der Waals surface area contributed by atoms with Gasteiger partial charge in [-0.05, 0) is 18.6 Å². The van der Waals surface area contributed by atoms with Crippen molar-refractivity contribution in [2.75, 3.05) is 13.7 Å². The largest absolute Gasteiger partial charge is 0.504 e. The molecule has 88 valence electrons. The van der Waals surface area contributed by atoms with Gasteiger partial charge in [0.2, 0.25) is 0 Å². The number of phenols is 1. The van der Waals surface area contributed by atoms with Gasteiger partial charge in [0.25, 0.3) is 0 Å². The molecule has 1 rings (SSSR count). The summed E-state index contributed by atoms with van der Waals surface area (Å²) < 4.78 is 4.98. The number of para-hydroxylation sites is 1. The number of nitrogens with zero attached hydrogens (tertiary/aromatic N) is 1. The Kier molecular flexibility index (Phi) is 4.79. The van der Waals surface area contributed by atoms with Crippen molar-refractivity contribution in [1.82, 2.24) is 0 Å². The first kappa shape index (κ1) is 12.5. The van der Waals surface area contributed by atoms with Gasteiger partial charge in [-0.15, -0.1) is 0 Å². The van der Waals surface area contributed by atoms with Crippen molar-refractivity contribution in [2.45, 2.75) is 19.4 Å². The van der Waals surface area contributed by atoms with Crippen LogP contribution in [0, 0.1) is 0 Å². The lowest BCUT2D eigenvalue weighted by molar-refractivity contribution is 0.264. The summed E-state index contributed by atoms with van der Waals surface area (Å²) in [5.41, 5.74) is 0.589. The minimum Gasteiger partial charge on any atom is -0.504 e. The predicted molar refractivity (Wildman–Crippen MR) is 63.4 cm³/mol. The highest BCUT2D eigenvalue weighted by atomic mass is 16.5. The van der Waals surface area contributed by atoms with Crippen molar-refractivity contribution < 1.29 is 14.9 Å². The van der Waals surface area contributed by atoms with E-state index in [1.165, 1.54) is 7.11 Å². The summed E-state index contributed by atoms with van der Waals surface area (Å²) in [5, 5.41) is 18.7. The molecule has 0 radical (unpaired) electrons. The van der Waals surface area contributed by atoms with Gasteiger partial charge in [0, 0.05) is 11.8 Å². The normalized spacial score (nSPS) is 12.9. The molecule has 0 unspecified atom stereocenters. The monoisotopic (exact) mass is 223 g/mol. The van der Waals surface area contributed by atoms with E-state index in [0.717, 1.165) is 6.42 Å². The van der Waals surface area contributed by atoms with Crippen LogP contribution in [0.5, 0.6) is 11.5 Å². The minimum absolute atomic E-state index is 0.0116. The van der Waals surface area contributed by atoms with Gasteiger partial charge < -0.3 is 14.9 Å². The fourth-order valence-electron chi connectivity index (χ4n) is 1.28. The number of ether oxygens (including phenoxy) is 1. The maximum absolute atomic E-state index is 9.77. The van der Waals surface area contributed by atoms with E-state index < -0.39 is 0 Å². The van der Waals surface area contributed by atoms with Crippen LogP contribution in [-0.4, -0.2) is 36.2 Å². The first-order chi connectivity index (χ1) is 7.72. The van der Waals surface area contributed by atoms with Gasteiger partial charge in [-0.2, -0.15) is 0 Å². The van der Waals surface area contributed by atoms with Crippen LogP contribution in [0.4, 0.5) is 0 Å². The van der Waals surface area contributed by atoms with Crippen LogP contribution < -0.4 is 4.74 Å². The number of aliphatic hydroxyl groups is 1. The molecule has 0 bridgehead atoms. The van der Waals surface area contributed by atoms with E-state index in [9.17, 15) is 5.11 Å². The number of aliphatic hydroxyl groups excluding tert-OH is 1. The van der Waals surface area contributed by atoms with Crippen LogP contribution in [0.3, 0.4) is 0 Å². The van der Waals surface area contributed by atoms with E-state index >= 15 is 0 Å². The van der Waals surface area contributed by atoms with Crippen LogP contribution in [0.2, 0.25) is 0 Å². The number of aliphatic imine (C=N–C) groups is 1. The summed E-state index contributed by atoms with van der Waals surface area (Å²) in [7, 11) is 1.50. The molecular weight excluding hydrogens is 206 g/mol. The molecule has 1 atom stereocenters. The second-order valence-electron chi connectivity index (χ2n) is 3.42. The molecule has 0 fully saturated rings. The third-order valence-electron chi connectivity index (χ3n) is 2.36. The van der Waals surface area contributed by atoms with Gasteiger partial charge in [0.05, 0.1) is 19.8 Å². The molecule has 0 amide bonds. The molecule has 0 aromatic heterocycles. The molecule has 0 aliphatic rings. The molecule has 0 spiro atoms. The second kappa shape index (κ2) is 6.12. The molecule has 1 aromatic carbocycles. The molecule has 0 heterocycles. The fraction of sp³-hybridized carbons (Fsp3) is 0.417. The van der Waals surface area contributed by atoms with E-state index in [-0.39, 0.29) is 18.4 Å². The Hall–Kier alpha value is -1.55. The van der Waals surface area contributed by atoms with Crippen LogP contribution in [0.25, 0.3) is 0 Å². The van der Waals surface area contributed by atoms with Crippen LogP contribution in [-0.2, 0) is 0 Å². The van der Waals surface area contributed by atoms with Gasteiger partial charge in [0.15, 0.2) is 11.5 Å². The summed E-state index contributed by atoms with van der Waals surface area (Å²) in [6, 6.07) is 5.08. The Morgan fingerprint density at radius 3 is 2.81 bits per heavy atom. The molecule has 2 N–H and O–H groups in total. The summed E-state index contributed by atoms with van der Waals surface area (Å²) in [6.07, 6.45) is 2.32. The van der Waals surface area contributed by atoms with Crippen molar-refractivity contribution in [3.05, 3.63) is 23.8 Å². The average molecular weight is 223 g/mol. The zero-order chi connectivity index (χ0) is 12.0. The number of rotatable bonds is 5. The maximum atomic E-state index is 9.77. The standard InChI is InChI=1S/C12H17NO3/c1-3-10(8-14)13-7-9-5-4-6-11(16-2)12(9)15/h4-7,10,14-15H,3,8H2,1-2H3/t10-/m0/s1. The lowest BCUT2D eigenvalue weighted by atomic mass is 10.2. The van der Waals surface area contributed by atoms with Crippen LogP contribution in [0.1, 0.15) is 18.9 Å². The second-order valence-corrected chi connectivity index (χ2v) is 3.42. The highest BCUT2D eigenvalue weighted by Gasteiger charge is 2.05. The lowest BCUT2D eigenvalue weighted by Gasteiger charge is -2.07. The van der Waals surface area contributed by atoms with E-state index in [0.29, 0.717) is 11.3 Å². The molecule has 1 aromatic rings. The van der Waals surface area contributed by atoms with Crippen molar-refractivity contribution in [1.29, 1.82) is 0 Å². The smallest absolute Gasteiger partial charge is 0.166 e. The number of hydrogen-bond donors (Lipinski definition) is 2. The summed E-state index contributed by atoms with van der Waals surface area (Å²) in [5.74, 6) is 0.488. The SMILES string of the molecule is CC[C@@H](CO)N=Cc1cccc(OC)c1O. The molecule has 0 saturated heterocycles. The van der Waals surface area contributed by atoms with Crippen LogP contribution in [0.15, 0.2) is 23.2 Å². The van der Waals surface area contributed by atoms with Crippen molar-refractivity contribution in [3.8, 4) is 11.5 Å². The molecule has 4 nitrogen and oxygen atoms in total. The van der Waals surface area contributed by atoms with Crippen LogP contribution >= 0.6 is 0 Å². The zero-order valence-corrected chi connectivity index (χ0v) is 9.55. The van der Waals surface area contributed by atoms with Gasteiger partial charge in [-0.3, -0.25) is 4.99 Å². The van der Waals surface area contributed by atoms with E-state index in [1.807, 2.05) is 6.92 Å². The number of hydrogen-bond acceptors (Lipinski definition) is 4. The van der Waals surface area contributed by atoms with Gasteiger partial charge in [-0.1, -0.05) is 13.0 Å². The van der Waals surface area contributed by atoms with E-state index in [4.69, 9.17) is 9.84 Å². The Labute approximate surface area is 95.2 Å². The van der Waals surface area contributed by atoms with Gasteiger partial charge in [-0.25, -0.2) is 0 Å². The fourth-order valence-corrected chi connectivity index (χ4v) is 1.28. The van der Waals surface area contributed by atoms with Crippen molar-refractivity contribution in [3.63, 3.8) is 0 Å². The molecular formula is C12H17NO3. The summed E-state index contributed by atoms with van der Waals surface area (Å²) in [4.78, 5) is 4.18. The Morgan fingerprint density at radius 1 is 1.50 bits per heavy atom. The molecule has 4 heteroatoms. The molecule has 0 aliphatic heterocycles. The zero-order valence-electron chi connectivity index (χ0n) is 9.55. The number of methoxy groups -OCH3 is 1. The Balaban J connectivity index is 2.88. The van der Waals surface area contributed by atoms with Crippen molar-refractivity contribution in [2.24, 2.45) is 4.99 Å². The first-order valence-corrected chi connectivity index (χ1v) is 5.22. The molecule has 0 aliphatic carbocycles. The highest BCUT2D eigenvalue weighted by molar-refractivity contribution is 5.84. The average Bonchev–Trinajstić information content (AvgIpc) is 2.32.